The SMILES string of the molecule is COc1cc(OC)c(OC)cc1CNCc1cccnc1OC. The molecule has 1 N–H and O–H groups in total. The third kappa shape index (κ3) is 4.04. The fraction of sp³-hybridized carbons (Fsp3) is 0.353. The molecule has 2 rings (SSSR count). The molecule has 0 saturated heterocycles. The Morgan fingerprint density at radius 3 is 2.13 bits per heavy atom. The highest BCUT2D eigenvalue weighted by Crippen LogP contribution is 2.34. The number of hydrogen-bond acceptors (Lipinski definition) is 6. The Kier molecular flexibility index (Phi) is 6.05. The van der Waals surface area contributed by atoms with Gasteiger partial charge in [-0.05, 0) is 12.1 Å². The quantitative estimate of drug-likeness (QED) is 0.806. The summed E-state index contributed by atoms with van der Waals surface area (Å²) in [6, 6.07) is 7.59. The molecule has 0 amide bonds. The Morgan fingerprint density at radius 2 is 1.48 bits per heavy atom. The lowest BCUT2D eigenvalue weighted by molar-refractivity contribution is 0.347. The molecule has 2 aromatic rings. The second-order valence-electron chi connectivity index (χ2n) is 4.79. The molecule has 0 radical (unpaired) electrons. The van der Waals surface area contributed by atoms with Crippen LogP contribution in [0.5, 0.6) is 23.1 Å². The van der Waals surface area contributed by atoms with Crippen molar-refractivity contribution in [2.45, 2.75) is 13.1 Å². The maximum atomic E-state index is 5.42. The van der Waals surface area contributed by atoms with Crippen LogP contribution >= 0.6 is 0 Å². The van der Waals surface area contributed by atoms with Crippen molar-refractivity contribution in [2.24, 2.45) is 0 Å². The second kappa shape index (κ2) is 8.24. The summed E-state index contributed by atoms with van der Waals surface area (Å²) in [5.41, 5.74) is 1.97. The van der Waals surface area contributed by atoms with Crippen molar-refractivity contribution in [3.8, 4) is 23.1 Å². The summed E-state index contributed by atoms with van der Waals surface area (Å²) in [6.07, 6.45) is 1.71. The third-order valence-corrected chi connectivity index (χ3v) is 3.46. The number of benzene rings is 1. The van der Waals surface area contributed by atoms with Crippen LogP contribution in [0.15, 0.2) is 30.5 Å². The summed E-state index contributed by atoms with van der Waals surface area (Å²) in [5, 5.41) is 3.36. The van der Waals surface area contributed by atoms with Crippen LogP contribution in [-0.2, 0) is 13.1 Å². The number of hydrogen-bond donors (Lipinski definition) is 1. The molecular weight excluding hydrogens is 296 g/mol. The zero-order valence-corrected chi connectivity index (χ0v) is 13.9. The predicted molar refractivity (Wildman–Crippen MR) is 87.4 cm³/mol. The van der Waals surface area contributed by atoms with Crippen LogP contribution in [0.4, 0.5) is 0 Å². The molecule has 6 nitrogen and oxygen atoms in total. The van der Waals surface area contributed by atoms with E-state index in [1.807, 2.05) is 24.3 Å². The van der Waals surface area contributed by atoms with Crippen LogP contribution in [0.2, 0.25) is 0 Å². The van der Waals surface area contributed by atoms with Crippen molar-refractivity contribution in [1.82, 2.24) is 10.3 Å². The second-order valence-corrected chi connectivity index (χ2v) is 4.79. The minimum atomic E-state index is 0.613. The summed E-state index contributed by atoms with van der Waals surface area (Å²) in [5.74, 6) is 2.68. The summed E-state index contributed by atoms with van der Waals surface area (Å²) in [7, 11) is 6.46. The number of ether oxygens (including phenoxy) is 4. The molecule has 1 aromatic heterocycles. The Labute approximate surface area is 136 Å². The largest absolute Gasteiger partial charge is 0.496 e. The van der Waals surface area contributed by atoms with Gasteiger partial charge in [-0.2, -0.15) is 0 Å². The van der Waals surface area contributed by atoms with Gasteiger partial charge in [0.1, 0.15) is 5.75 Å². The monoisotopic (exact) mass is 318 g/mol. The van der Waals surface area contributed by atoms with Crippen LogP contribution in [-0.4, -0.2) is 33.4 Å². The van der Waals surface area contributed by atoms with Crippen LogP contribution in [0.1, 0.15) is 11.1 Å². The van der Waals surface area contributed by atoms with Crippen LogP contribution in [0.25, 0.3) is 0 Å². The topological polar surface area (TPSA) is 61.8 Å². The standard InChI is InChI=1S/C17H22N2O4/c1-20-14-9-16(22-3)15(21-2)8-13(14)11-18-10-12-6-5-7-19-17(12)23-4/h5-9,18H,10-11H2,1-4H3. The highest BCUT2D eigenvalue weighted by molar-refractivity contribution is 5.50. The lowest BCUT2D eigenvalue weighted by Crippen LogP contribution is -2.14. The third-order valence-electron chi connectivity index (χ3n) is 3.46. The normalized spacial score (nSPS) is 10.3. The number of nitrogens with one attached hydrogen (secondary N) is 1. The summed E-state index contributed by atoms with van der Waals surface area (Å²) in [4.78, 5) is 4.18. The first-order valence-electron chi connectivity index (χ1n) is 7.21. The highest BCUT2D eigenvalue weighted by atomic mass is 16.5. The first-order valence-corrected chi connectivity index (χ1v) is 7.21. The molecule has 23 heavy (non-hydrogen) atoms. The number of nitrogens with zero attached hydrogens (tertiary/aromatic N) is 1. The Bertz CT molecular complexity index is 646. The molecule has 0 unspecified atom stereocenters. The molecule has 0 saturated carbocycles. The molecule has 0 atom stereocenters. The number of rotatable bonds is 8. The van der Waals surface area contributed by atoms with Crippen LogP contribution < -0.4 is 24.3 Å². The van der Waals surface area contributed by atoms with Gasteiger partial charge in [-0.25, -0.2) is 4.98 Å². The van der Waals surface area contributed by atoms with E-state index in [9.17, 15) is 0 Å². The fourth-order valence-electron chi connectivity index (χ4n) is 2.30. The Balaban J connectivity index is 2.10. The lowest BCUT2D eigenvalue weighted by atomic mass is 10.1. The average molecular weight is 318 g/mol. The molecule has 0 bridgehead atoms. The number of aromatic nitrogens is 1. The van der Waals surface area contributed by atoms with Crippen molar-refractivity contribution in [1.29, 1.82) is 0 Å². The van der Waals surface area contributed by atoms with Gasteiger partial charge < -0.3 is 24.3 Å². The van der Waals surface area contributed by atoms with E-state index in [1.165, 1.54) is 0 Å². The summed E-state index contributed by atoms with van der Waals surface area (Å²) >= 11 is 0. The van der Waals surface area contributed by atoms with Crippen LogP contribution in [0.3, 0.4) is 0 Å². The van der Waals surface area contributed by atoms with E-state index in [4.69, 9.17) is 18.9 Å². The zero-order valence-electron chi connectivity index (χ0n) is 13.9. The van der Waals surface area contributed by atoms with Gasteiger partial charge >= 0.3 is 0 Å². The summed E-state index contributed by atoms with van der Waals surface area (Å²) in [6.45, 7) is 1.25. The molecule has 0 fully saturated rings. The minimum Gasteiger partial charge on any atom is -0.496 e. The molecule has 0 spiro atoms. The van der Waals surface area contributed by atoms with E-state index in [1.54, 1.807) is 34.6 Å². The molecule has 1 heterocycles. The maximum absolute atomic E-state index is 5.42. The zero-order chi connectivity index (χ0) is 16.7. The van der Waals surface area contributed by atoms with Crippen molar-refractivity contribution in [3.05, 3.63) is 41.6 Å². The van der Waals surface area contributed by atoms with E-state index in [2.05, 4.69) is 10.3 Å². The van der Waals surface area contributed by atoms with Gasteiger partial charge in [-0.1, -0.05) is 6.07 Å². The van der Waals surface area contributed by atoms with Crippen molar-refractivity contribution in [2.75, 3.05) is 28.4 Å². The fourth-order valence-corrected chi connectivity index (χ4v) is 2.30. The van der Waals surface area contributed by atoms with Crippen molar-refractivity contribution in [3.63, 3.8) is 0 Å². The molecular formula is C17H22N2O4. The smallest absolute Gasteiger partial charge is 0.217 e. The predicted octanol–water partition coefficient (Wildman–Crippen LogP) is 2.41. The Morgan fingerprint density at radius 1 is 0.826 bits per heavy atom. The van der Waals surface area contributed by atoms with E-state index >= 15 is 0 Å². The van der Waals surface area contributed by atoms with Crippen molar-refractivity contribution < 1.29 is 18.9 Å². The van der Waals surface area contributed by atoms with Gasteiger partial charge in [-0.15, -0.1) is 0 Å². The molecule has 0 aliphatic rings. The maximum Gasteiger partial charge on any atom is 0.217 e. The molecule has 0 aliphatic heterocycles. The lowest BCUT2D eigenvalue weighted by Gasteiger charge is -2.15. The van der Waals surface area contributed by atoms with E-state index in [0.717, 1.165) is 16.9 Å². The van der Waals surface area contributed by atoms with Gasteiger partial charge in [0.2, 0.25) is 5.88 Å². The number of methoxy groups -OCH3 is 4. The van der Waals surface area contributed by atoms with Gasteiger partial charge in [0.25, 0.3) is 0 Å². The first kappa shape index (κ1) is 16.9. The van der Waals surface area contributed by atoms with Crippen molar-refractivity contribution >= 4 is 0 Å². The molecule has 6 heteroatoms. The van der Waals surface area contributed by atoms with Gasteiger partial charge in [0, 0.05) is 36.5 Å². The molecule has 1 aromatic carbocycles. The van der Waals surface area contributed by atoms with E-state index in [0.29, 0.717) is 30.5 Å². The number of pyridine rings is 1. The summed E-state index contributed by atoms with van der Waals surface area (Å²) < 4.78 is 21.3. The van der Waals surface area contributed by atoms with Crippen LogP contribution in [0, 0.1) is 0 Å². The molecule has 0 aliphatic carbocycles. The van der Waals surface area contributed by atoms with E-state index < -0.39 is 0 Å². The van der Waals surface area contributed by atoms with Gasteiger partial charge in [0.15, 0.2) is 11.5 Å². The first-order chi connectivity index (χ1) is 11.2. The highest BCUT2D eigenvalue weighted by Gasteiger charge is 2.12. The van der Waals surface area contributed by atoms with Gasteiger partial charge in [0.05, 0.1) is 28.4 Å². The minimum absolute atomic E-state index is 0.613. The Hall–Kier alpha value is -2.47. The average Bonchev–Trinajstić information content (AvgIpc) is 2.61. The van der Waals surface area contributed by atoms with E-state index in [-0.39, 0.29) is 0 Å². The molecule has 124 valence electrons. The van der Waals surface area contributed by atoms with Gasteiger partial charge in [-0.3, -0.25) is 0 Å².